The molecule has 0 bridgehead atoms. The molecule has 1 atom stereocenters. The quantitative estimate of drug-likeness (QED) is 0.586. The number of hydrogen-bond donors (Lipinski definition) is 3. The largest absolute Gasteiger partial charge is 0.367 e. The van der Waals surface area contributed by atoms with E-state index in [0.29, 0.717) is 19.6 Å². The van der Waals surface area contributed by atoms with E-state index in [-0.39, 0.29) is 11.9 Å². The Morgan fingerprint density at radius 3 is 2.89 bits per heavy atom. The minimum absolute atomic E-state index is 0.165. The van der Waals surface area contributed by atoms with Gasteiger partial charge < -0.3 is 15.4 Å². The zero-order chi connectivity index (χ0) is 13.3. The Balaban J connectivity index is 2.32. The number of H-pyrrole nitrogens is 2. The van der Waals surface area contributed by atoms with Gasteiger partial charge in [-0.1, -0.05) is 0 Å². The number of nitrogens with zero attached hydrogens (tertiary/aromatic N) is 2. The molecule has 1 aromatic heterocycles. The molecule has 1 aliphatic rings. The molecule has 0 saturated carbocycles. The van der Waals surface area contributed by atoms with Gasteiger partial charge in [0.15, 0.2) is 0 Å². The first-order valence-electron chi connectivity index (χ1n) is 5.73. The average molecular weight is 255 g/mol. The lowest BCUT2D eigenvalue weighted by Crippen LogP contribution is -2.56. The molecule has 0 aliphatic carbocycles. The minimum atomic E-state index is -0.619. The summed E-state index contributed by atoms with van der Waals surface area (Å²) >= 11 is 0. The lowest BCUT2D eigenvalue weighted by atomic mass is 10.1. The molecule has 0 amide bonds. The standard InChI is InChI=1S/C10H17N5O3/c1-10(2)5-15(4-6(3-11)18-10)7-8(16)12-9(17)14-13-7/h6H,3-5,11H2,1-2H3,(H2,12,14,16,17). The van der Waals surface area contributed by atoms with Crippen molar-refractivity contribution in [3.05, 3.63) is 20.8 Å². The maximum absolute atomic E-state index is 11.7. The minimum Gasteiger partial charge on any atom is -0.367 e. The van der Waals surface area contributed by atoms with E-state index in [1.54, 1.807) is 4.90 Å². The van der Waals surface area contributed by atoms with Crippen LogP contribution in [0.3, 0.4) is 0 Å². The van der Waals surface area contributed by atoms with Crippen LogP contribution in [0.1, 0.15) is 13.8 Å². The average Bonchev–Trinajstić information content (AvgIpc) is 2.26. The molecule has 0 spiro atoms. The van der Waals surface area contributed by atoms with Crippen molar-refractivity contribution in [2.45, 2.75) is 25.6 Å². The summed E-state index contributed by atoms with van der Waals surface area (Å²) < 4.78 is 5.76. The van der Waals surface area contributed by atoms with E-state index in [1.165, 1.54) is 0 Å². The zero-order valence-corrected chi connectivity index (χ0v) is 10.4. The maximum atomic E-state index is 11.7. The highest BCUT2D eigenvalue weighted by Crippen LogP contribution is 2.22. The van der Waals surface area contributed by atoms with Gasteiger partial charge >= 0.3 is 5.69 Å². The summed E-state index contributed by atoms with van der Waals surface area (Å²) in [6.07, 6.45) is -0.165. The van der Waals surface area contributed by atoms with Gasteiger partial charge in [0.25, 0.3) is 5.56 Å². The van der Waals surface area contributed by atoms with Crippen LogP contribution in [0.15, 0.2) is 9.59 Å². The number of nitrogens with two attached hydrogens (primary N) is 1. The number of morpholine rings is 1. The Morgan fingerprint density at radius 2 is 2.28 bits per heavy atom. The second-order valence-electron chi connectivity index (χ2n) is 4.95. The van der Waals surface area contributed by atoms with E-state index in [9.17, 15) is 9.59 Å². The van der Waals surface area contributed by atoms with Crippen LogP contribution >= 0.6 is 0 Å². The van der Waals surface area contributed by atoms with Crippen molar-refractivity contribution < 1.29 is 4.74 Å². The van der Waals surface area contributed by atoms with Crippen LogP contribution in [0.5, 0.6) is 0 Å². The second kappa shape index (κ2) is 4.54. The number of nitrogens with one attached hydrogen (secondary N) is 2. The van der Waals surface area contributed by atoms with Crippen molar-refractivity contribution in [1.29, 1.82) is 0 Å². The molecule has 1 aliphatic heterocycles. The first kappa shape index (κ1) is 12.8. The predicted molar refractivity (Wildman–Crippen MR) is 65.7 cm³/mol. The van der Waals surface area contributed by atoms with Gasteiger partial charge in [0.05, 0.1) is 11.7 Å². The van der Waals surface area contributed by atoms with Gasteiger partial charge in [-0.15, -0.1) is 5.10 Å². The van der Waals surface area contributed by atoms with Crippen LogP contribution in [0.4, 0.5) is 5.82 Å². The van der Waals surface area contributed by atoms with E-state index < -0.39 is 16.9 Å². The highest BCUT2D eigenvalue weighted by Gasteiger charge is 2.34. The normalized spacial score (nSPS) is 23.1. The van der Waals surface area contributed by atoms with Gasteiger partial charge in [0, 0.05) is 19.6 Å². The Hall–Kier alpha value is -1.67. The van der Waals surface area contributed by atoms with E-state index in [2.05, 4.69) is 15.2 Å². The third-order valence-corrected chi connectivity index (χ3v) is 2.74. The Labute approximate surface area is 103 Å². The Bertz CT molecular complexity index is 535. The fourth-order valence-corrected chi connectivity index (χ4v) is 2.14. The first-order valence-corrected chi connectivity index (χ1v) is 5.73. The van der Waals surface area contributed by atoms with Gasteiger partial charge in [-0.05, 0) is 13.8 Å². The summed E-state index contributed by atoms with van der Waals surface area (Å²) in [6, 6.07) is 0. The molecule has 0 radical (unpaired) electrons. The van der Waals surface area contributed by atoms with Crippen LogP contribution in [-0.2, 0) is 4.74 Å². The topological polar surface area (TPSA) is 117 Å². The number of aromatic amines is 2. The summed E-state index contributed by atoms with van der Waals surface area (Å²) in [5, 5.41) is 6.01. The molecule has 4 N–H and O–H groups in total. The number of rotatable bonds is 2. The van der Waals surface area contributed by atoms with E-state index >= 15 is 0 Å². The van der Waals surface area contributed by atoms with Crippen LogP contribution < -0.4 is 21.9 Å². The third-order valence-electron chi connectivity index (χ3n) is 2.74. The molecule has 8 heteroatoms. The molecule has 2 rings (SSSR count). The van der Waals surface area contributed by atoms with Crippen LogP contribution in [0.2, 0.25) is 0 Å². The molecule has 0 aromatic carbocycles. The number of hydrogen-bond acceptors (Lipinski definition) is 6. The maximum Gasteiger partial charge on any atom is 0.342 e. The Kier molecular flexibility index (Phi) is 3.22. The monoisotopic (exact) mass is 255 g/mol. The van der Waals surface area contributed by atoms with Gasteiger partial charge in [-0.25, -0.2) is 9.89 Å². The summed E-state index contributed by atoms with van der Waals surface area (Å²) in [5.74, 6) is 0.185. The van der Waals surface area contributed by atoms with Crippen molar-refractivity contribution in [2.24, 2.45) is 5.73 Å². The van der Waals surface area contributed by atoms with Crippen LogP contribution in [-0.4, -0.2) is 46.5 Å². The van der Waals surface area contributed by atoms with Gasteiger partial charge in [-0.2, -0.15) is 0 Å². The lowest BCUT2D eigenvalue weighted by Gasteiger charge is -2.42. The van der Waals surface area contributed by atoms with E-state index in [4.69, 9.17) is 10.5 Å². The summed E-state index contributed by atoms with van der Waals surface area (Å²) in [4.78, 5) is 26.6. The second-order valence-corrected chi connectivity index (χ2v) is 4.95. The van der Waals surface area contributed by atoms with E-state index in [1.807, 2.05) is 13.8 Å². The number of aromatic nitrogens is 3. The Morgan fingerprint density at radius 1 is 1.56 bits per heavy atom. The number of ether oxygens (including phenoxy) is 1. The summed E-state index contributed by atoms with van der Waals surface area (Å²) in [6.45, 7) is 5.18. The summed E-state index contributed by atoms with van der Waals surface area (Å²) in [5.41, 5.74) is 4.06. The van der Waals surface area contributed by atoms with Gasteiger partial charge in [0.1, 0.15) is 0 Å². The molecular weight excluding hydrogens is 238 g/mol. The number of anilines is 1. The van der Waals surface area contributed by atoms with Gasteiger partial charge in [-0.3, -0.25) is 9.78 Å². The first-order chi connectivity index (χ1) is 8.41. The smallest absolute Gasteiger partial charge is 0.342 e. The molecule has 100 valence electrons. The predicted octanol–water partition coefficient (Wildman–Crippen LogP) is -1.60. The molecule has 2 heterocycles. The molecule has 1 saturated heterocycles. The van der Waals surface area contributed by atoms with Crippen molar-refractivity contribution in [3.8, 4) is 0 Å². The van der Waals surface area contributed by atoms with Crippen molar-refractivity contribution in [3.63, 3.8) is 0 Å². The van der Waals surface area contributed by atoms with Crippen molar-refractivity contribution >= 4 is 5.82 Å². The zero-order valence-electron chi connectivity index (χ0n) is 10.4. The summed E-state index contributed by atoms with van der Waals surface area (Å²) in [7, 11) is 0. The highest BCUT2D eigenvalue weighted by atomic mass is 16.5. The lowest BCUT2D eigenvalue weighted by molar-refractivity contribution is -0.0791. The van der Waals surface area contributed by atoms with Gasteiger partial charge in [0.2, 0.25) is 5.82 Å². The molecular formula is C10H17N5O3. The van der Waals surface area contributed by atoms with Crippen LogP contribution in [0.25, 0.3) is 0 Å². The van der Waals surface area contributed by atoms with Crippen LogP contribution in [0, 0.1) is 0 Å². The molecule has 18 heavy (non-hydrogen) atoms. The molecule has 8 nitrogen and oxygen atoms in total. The fourth-order valence-electron chi connectivity index (χ4n) is 2.14. The van der Waals surface area contributed by atoms with Crippen molar-refractivity contribution in [2.75, 3.05) is 24.5 Å². The SMILES string of the molecule is CC1(C)CN(c2n[nH]c(=O)[nH]c2=O)CC(CN)O1. The fraction of sp³-hybridized carbons (Fsp3) is 0.700. The third kappa shape index (κ3) is 2.59. The van der Waals surface area contributed by atoms with Crippen molar-refractivity contribution in [1.82, 2.24) is 15.2 Å². The molecule has 1 aromatic rings. The molecule has 1 fully saturated rings. The van der Waals surface area contributed by atoms with E-state index in [0.717, 1.165) is 0 Å². The highest BCUT2D eigenvalue weighted by molar-refractivity contribution is 5.35. The molecule has 1 unspecified atom stereocenters.